The van der Waals surface area contributed by atoms with Crippen LogP contribution in [0.2, 0.25) is 0 Å². The number of hydrogen-bond donors (Lipinski definition) is 1. The Bertz CT molecular complexity index is 436. The number of aliphatic hydroxyl groups excluding tert-OH is 1. The van der Waals surface area contributed by atoms with Gasteiger partial charge in [0.1, 0.15) is 17.6 Å². The van der Waals surface area contributed by atoms with E-state index >= 15 is 0 Å². The first-order valence-corrected chi connectivity index (χ1v) is 7.39. The molecule has 1 saturated carbocycles. The van der Waals surface area contributed by atoms with E-state index in [0.29, 0.717) is 5.92 Å². The van der Waals surface area contributed by atoms with Crippen molar-refractivity contribution in [1.29, 1.82) is 0 Å². The Hall–Kier alpha value is -1.22. The van der Waals surface area contributed by atoms with E-state index in [1.54, 1.807) is 7.11 Å². The lowest BCUT2D eigenvalue weighted by Gasteiger charge is -2.40. The second kappa shape index (κ2) is 6.04. The topological polar surface area (TPSA) is 38.7 Å². The number of benzene rings is 1. The first-order chi connectivity index (χ1) is 9.40. The lowest BCUT2D eigenvalue weighted by molar-refractivity contribution is -0.0298. The molecule has 0 radical (unpaired) electrons. The fourth-order valence-electron chi connectivity index (χ4n) is 2.88. The van der Waals surface area contributed by atoms with Gasteiger partial charge in [-0.05, 0) is 42.7 Å². The Morgan fingerprint density at radius 3 is 2.50 bits per heavy atom. The van der Waals surface area contributed by atoms with Gasteiger partial charge in [0.2, 0.25) is 0 Å². The molecule has 0 amide bonds. The normalized spacial score (nSPS) is 27.1. The van der Waals surface area contributed by atoms with Crippen LogP contribution in [0.4, 0.5) is 0 Å². The molecule has 2 rings (SSSR count). The van der Waals surface area contributed by atoms with Crippen LogP contribution in [0.1, 0.15) is 40.0 Å². The predicted octanol–water partition coefficient (Wildman–Crippen LogP) is 3.65. The lowest BCUT2D eigenvalue weighted by atomic mass is 9.71. The molecule has 0 spiro atoms. The molecule has 1 fully saturated rings. The molecule has 1 N–H and O–H groups in total. The summed E-state index contributed by atoms with van der Waals surface area (Å²) in [6, 6.07) is 7.58. The molecule has 0 aromatic heterocycles. The Labute approximate surface area is 121 Å². The van der Waals surface area contributed by atoms with Gasteiger partial charge in [-0.25, -0.2) is 0 Å². The smallest absolute Gasteiger partial charge is 0.125 e. The summed E-state index contributed by atoms with van der Waals surface area (Å²) in [5.74, 6) is 2.13. The summed E-state index contributed by atoms with van der Waals surface area (Å²) in [5.41, 5.74) is 0.260. The highest BCUT2D eigenvalue weighted by Gasteiger charge is 2.36. The summed E-state index contributed by atoms with van der Waals surface area (Å²) in [6.07, 6.45) is 2.29. The molecule has 3 unspecified atom stereocenters. The molecule has 0 saturated heterocycles. The van der Waals surface area contributed by atoms with Crippen molar-refractivity contribution in [1.82, 2.24) is 0 Å². The van der Waals surface area contributed by atoms with E-state index in [4.69, 9.17) is 9.47 Å². The van der Waals surface area contributed by atoms with Gasteiger partial charge >= 0.3 is 0 Å². The monoisotopic (exact) mass is 278 g/mol. The first kappa shape index (κ1) is 15.2. The van der Waals surface area contributed by atoms with Crippen LogP contribution in [-0.2, 0) is 0 Å². The van der Waals surface area contributed by atoms with Gasteiger partial charge < -0.3 is 14.6 Å². The number of aliphatic hydroxyl groups is 1. The van der Waals surface area contributed by atoms with Gasteiger partial charge in [-0.3, -0.25) is 0 Å². The number of methoxy groups -OCH3 is 1. The molecule has 1 aromatic rings. The summed E-state index contributed by atoms with van der Waals surface area (Å²) in [7, 11) is 1.64. The molecule has 1 aliphatic carbocycles. The molecule has 1 aliphatic rings. The van der Waals surface area contributed by atoms with Gasteiger partial charge in [-0.2, -0.15) is 0 Å². The average molecular weight is 278 g/mol. The maximum Gasteiger partial charge on any atom is 0.125 e. The number of ether oxygens (including phenoxy) is 2. The second-order valence-corrected chi connectivity index (χ2v) is 6.78. The molecule has 3 heteroatoms. The van der Waals surface area contributed by atoms with Crippen molar-refractivity contribution >= 4 is 0 Å². The Morgan fingerprint density at radius 1 is 1.15 bits per heavy atom. The van der Waals surface area contributed by atoms with Crippen molar-refractivity contribution in [3.8, 4) is 11.5 Å². The van der Waals surface area contributed by atoms with Crippen LogP contribution in [-0.4, -0.2) is 24.4 Å². The molecule has 3 atom stereocenters. The van der Waals surface area contributed by atoms with Crippen LogP contribution < -0.4 is 9.47 Å². The summed E-state index contributed by atoms with van der Waals surface area (Å²) < 4.78 is 11.2. The van der Waals surface area contributed by atoms with Crippen LogP contribution in [0.25, 0.3) is 0 Å². The van der Waals surface area contributed by atoms with Crippen molar-refractivity contribution < 1.29 is 14.6 Å². The van der Waals surface area contributed by atoms with E-state index in [-0.39, 0.29) is 17.6 Å². The van der Waals surface area contributed by atoms with Gasteiger partial charge in [0.15, 0.2) is 0 Å². The minimum Gasteiger partial charge on any atom is -0.497 e. The van der Waals surface area contributed by atoms with Crippen molar-refractivity contribution in [2.75, 3.05) is 7.11 Å². The van der Waals surface area contributed by atoms with Crippen molar-refractivity contribution in [3.63, 3.8) is 0 Å². The SMILES string of the molecule is COc1cccc(OC2CC(C(C)(C)C)CCC2O)c1. The molecule has 3 nitrogen and oxygen atoms in total. The van der Waals surface area contributed by atoms with Crippen LogP contribution in [0, 0.1) is 11.3 Å². The fourth-order valence-corrected chi connectivity index (χ4v) is 2.88. The third-order valence-corrected chi connectivity index (χ3v) is 4.31. The zero-order valence-electron chi connectivity index (χ0n) is 12.9. The zero-order valence-corrected chi connectivity index (χ0v) is 12.9. The summed E-state index contributed by atoms with van der Waals surface area (Å²) in [6.45, 7) is 6.79. The van der Waals surface area contributed by atoms with Crippen molar-refractivity contribution in [2.24, 2.45) is 11.3 Å². The fraction of sp³-hybridized carbons (Fsp3) is 0.647. The second-order valence-electron chi connectivity index (χ2n) is 6.78. The summed E-state index contributed by atoms with van der Waals surface area (Å²) in [5, 5.41) is 10.2. The highest BCUT2D eigenvalue weighted by Crippen LogP contribution is 2.39. The Morgan fingerprint density at radius 2 is 1.85 bits per heavy atom. The summed E-state index contributed by atoms with van der Waals surface area (Å²) >= 11 is 0. The molecule has 1 aromatic carbocycles. The molecule has 20 heavy (non-hydrogen) atoms. The Balaban J connectivity index is 2.06. The average Bonchev–Trinajstić information content (AvgIpc) is 2.40. The van der Waals surface area contributed by atoms with Crippen molar-refractivity contribution in [3.05, 3.63) is 24.3 Å². The van der Waals surface area contributed by atoms with Gasteiger partial charge in [-0.1, -0.05) is 26.8 Å². The number of hydrogen-bond acceptors (Lipinski definition) is 3. The highest BCUT2D eigenvalue weighted by atomic mass is 16.5. The zero-order chi connectivity index (χ0) is 14.8. The van der Waals surface area contributed by atoms with Crippen LogP contribution in [0.3, 0.4) is 0 Å². The van der Waals surface area contributed by atoms with Gasteiger partial charge in [-0.15, -0.1) is 0 Å². The van der Waals surface area contributed by atoms with E-state index in [9.17, 15) is 5.11 Å². The number of rotatable bonds is 3. The largest absolute Gasteiger partial charge is 0.497 e. The standard InChI is InChI=1S/C17H26O3/c1-17(2,3)12-8-9-15(18)16(10-12)20-14-7-5-6-13(11-14)19-4/h5-7,11-12,15-16,18H,8-10H2,1-4H3. The Kier molecular flexibility index (Phi) is 4.59. The van der Waals surface area contributed by atoms with E-state index in [2.05, 4.69) is 20.8 Å². The molecular formula is C17H26O3. The molecule has 0 heterocycles. The maximum atomic E-state index is 10.2. The van der Waals surface area contributed by atoms with Crippen LogP contribution in [0.5, 0.6) is 11.5 Å². The highest BCUT2D eigenvalue weighted by molar-refractivity contribution is 5.33. The lowest BCUT2D eigenvalue weighted by Crippen LogP contribution is -2.41. The van der Waals surface area contributed by atoms with Crippen LogP contribution in [0.15, 0.2) is 24.3 Å². The third kappa shape index (κ3) is 3.66. The van der Waals surface area contributed by atoms with Gasteiger partial charge in [0.25, 0.3) is 0 Å². The van der Waals surface area contributed by atoms with Gasteiger partial charge in [0, 0.05) is 6.07 Å². The van der Waals surface area contributed by atoms with Gasteiger partial charge in [0.05, 0.1) is 13.2 Å². The van der Waals surface area contributed by atoms with E-state index in [1.165, 1.54) is 0 Å². The van der Waals surface area contributed by atoms with E-state index in [0.717, 1.165) is 30.8 Å². The minimum absolute atomic E-state index is 0.125. The van der Waals surface area contributed by atoms with Crippen molar-refractivity contribution in [2.45, 2.75) is 52.2 Å². The first-order valence-electron chi connectivity index (χ1n) is 7.39. The quantitative estimate of drug-likeness (QED) is 0.917. The predicted molar refractivity (Wildman–Crippen MR) is 80.2 cm³/mol. The molecular weight excluding hydrogens is 252 g/mol. The van der Waals surface area contributed by atoms with E-state index in [1.807, 2.05) is 24.3 Å². The molecule has 0 bridgehead atoms. The minimum atomic E-state index is -0.375. The van der Waals surface area contributed by atoms with Crippen LogP contribution >= 0.6 is 0 Å². The summed E-state index contributed by atoms with van der Waals surface area (Å²) in [4.78, 5) is 0. The maximum absolute atomic E-state index is 10.2. The molecule has 112 valence electrons. The molecule has 0 aliphatic heterocycles. The third-order valence-electron chi connectivity index (χ3n) is 4.31. The van der Waals surface area contributed by atoms with E-state index < -0.39 is 0 Å².